The monoisotopic (exact) mass is 703 g/mol. The van der Waals surface area contributed by atoms with Crippen molar-refractivity contribution in [3.8, 4) is 78.5 Å². The molecule has 0 radical (unpaired) electrons. The molecule has 10 rings (SSSR count). The molecule has 260 valence electrons. The highest BCUT2D eigenvalue weighted by Crippen LogP contribution is 2.50. The van der Waals surface area contributed by atoms with Crippen molar-refractivity contribution < 1.29 is 0 Å². The molecule has 0 N–H and O–H groups in total. The third kappa shape index (κ3) is 5.82. The second kappa shape index (κ2) is 13.2. The fraction of sp³-hybridized carbons (Fsp3) is 0.0577. The molecule has 0 bridgehead atoms. The first kappa shape index (κ1) is 32.7. The van der Waals surface area contributed by atoms with Crippen molar-refractivity contribution in [1.29, 1.82) is 0 Å². The lowest BCUT2D eigenvalue weighted by Crippen LogP contribution is -2.14. The summed E-state index contributed by atoms with van der Waals surface area (Å²) in [6.45, 7) is 4.66. The molecule has 1 aliphatic carbocycles. The van der Waals surface area contributed by atoms with Crippen molar-refractivity contribution >= 4 is 10.9 Å². The maximum Gasteiger partial charge on any atom is 0.160 e. The number of benzene rings is 7. The van der Waals surface area contributed by atoms with Gasteiger partial charge in [-0.25, -0.2) is 15.0 Å². The molecule has 3 nitrogen and oxygen atoms in total. The Balaban J connectivity index is 1.17. The van der Waals surface area contributed by atoms with E-state index in [-0.39, 0.29) is 5.41 Å². The predicted molar refractivity (Wildman–Crippen MR) is 228 cm³/mol. The molecule has 0 aliphatic heterocycles. The van der Waals surface area contributed by atoms with Crippen molar-refractivity contribution in [2.45, 2.75) is 19.3 Å². The molecule has 0 unspecified atom stereocenters. The molecule has 0 atom stereocenters. The van der Waals surface area contributed by atoms with E-state index in [1.807, 2.05) is 36.4 Å². The highest BCUT2D eigenvalue weighted by atomic mass is 14.9. The van der Waals surface area contributed by atoms with Crippen molar-refractivity contribution in [3.63, 3.8) is 0 Å². The molecule has 2 heterocycles. The zero-order chi connectivity index (χ0) is 36.9. The van der Waals surface area contributed by atoms with Crippen LogP contribution in [-0.4, -0.2) is 15.0 Å². The molecule has 0 saturated heterocycles. The lowest BCUT2D eigenvalue weighted by atomic mass is 9.82. The van der Waals surface area contributed by atoms with Crippen molar-refractivity contribution in [2.75, 3.05) is 0 Å². The van der Waals surface area contributed by atoms with Gasteiger partial charge in [-0.1, -0.05) is 166 Å². The molecular formula is C52H37N3. The number of hydrogen-bond donors (Lipinski definition) is 0. The average molecular weight is 704 g/mol. The van der Waals surface area contributed by atoms with Crippen LogP contribution >= 0.6 is 0 Å². The van der Waals surface area contributed by atoms with Gasteiger partial charge < -0.3 is 0 Å². The Morgan fingerprint density at radius 2 is 0.855 bits per heavy atom. The van der Waals surface area contributed by atoms with Crippen LogP contribution in [0.2, 0.25) is 0 Å². The summed E-state index contributed by atoms with van der Waals surface area (Å²) in [5.41, 5.74) is 17.5. The van der Waals surface area contributed by atoms with Gasteiger partial charge in [-0.05, 0) is 80.9 Å². The van der Waals surface area contributed by atoms with Gasteiger partial charge in [0.25, 0.3) is 0 Å². The van der Waals surface area contributed by atoms with Gasteiger partial charge in [-0.2, -0.15) is 0 Å². The average Bonchev–Trinajstić information content (AvgIpc) is 3.48. The van der Waals surface area contributed by atoms with Crippen LogP contribution in [0.25, 0.3) is 89.4 Å². The van der Waals surface area contributed by atoms with Gasteiger partial charge in [-0.15, -0.1) is 0 Å². The minimum Gasteiger partial charge on any atom is -0.248 e. The van der Waals surface area contributed by atoms with Crippen molar-refractivity contribution in [1.82, 2.24) is 15.0 Å². The number of rotatable bonds is 6. The maximum atomic E-state index is 5.44. The summed E-state index contributed by atoms with van der Waals surface area (Å²) < 4.78 is 0. The number of nitrogens with zero attached hydrogens (tertiary/aromatic N) is 3. The molecule has 0 saturated carbocycles. The van der Waals surface area contributed by atoms with Crippen LogP contribution in [0.15, 0.2) is 188 Å². The van der Waals surface area contributed by atoms with E-state index in [2.05, 4.69) is 166 Å². The Bertz CT molecular complexity index is 2820. The minimum atomic E-state index is -0.136. The van der Waals surface area contributed by atoms with Crippen LogP contribution in [0.3, 0.4) is 0 Å². The number of aromatic nitrogens is 3. The Morgan fingerprint density at radius 3 is 1.55 bits per heavy atom. The van der Waals surface area contributed by atoms with Gasteiger partial charge in [-0.3, -0.25) is 0 Å². The van der Waals surface area contributed by atoms with Gasteiger partial charge in [0.05, 0.1) is 22.6 Å². The van der Waals surface area contributed by atoms with E-state index < -0.39 is 0 Å². The Morgan fingerprint density at radius 1 is 0.327 bits per heavy atom. The van der Waals surface area contributed by atoms with E-state index in [1.54, 1.807) is 0 Å². The van der Waals surface area contributed by atoms with Crippen LogP contribution in [0.4, 0.5) is 0 Å². The van der Waals surface area contributed by atoms with E-state index in [9.17, 15) is 0 Å². The predicted octanol–water partition coefficient (Wildman–Crippen LogP) is 13.3. The molecular weight excluding hydrogens is 667 g/mol. The van der Waals surface area contributed by atoms with Crippen LogP contribution in [0.5, 0.6) is 0 Å². The first-order valence-electron chi connectivity index (χ1n) is 18.9. The first-order chi connectivity index (χ1) is 27.0. The number of fused-ring (bicyclic) bond motifs is 4. The highest BCUT2D eigenvalue weighted by molar-refractivity contribution is 6.02. The molecule has 3 heteroatoms. The smallest absolute Gasteiger partial charge is 0.160 e. The normalized spacial score (nSPS) is 12.7. The van der Waals surface area contributed by atoms with E-state index in [1.165, 1.54) is 33.4 Å². The lowest BCUT2D eigenvalue weighted by Gasteiger charge is -2.22. The SMILES string of the molecule is CC1(C)c2ccccc2-c2cc3c(-c4cccc(-c5ccccc5)c4)cc(-c4cccc(-c5nc(-c6ccccc6)cc(-c6ccccc6)n5)c4)nc3cc21. The van der Waals surface area contributed by atoms with Crippen molar-refractivity contribution in [3.05, 3.63) is 199 Å². The maximum absolute atomic E-state index is 5.44. The second-order valence-corrected chi connectivity index (χ2v) is 14.9. The summed E-state index contributed by atoms with van der Waals surface area (Å²) in [6, 6.07) is 66.6. The van der Waals surface area contributed by atoms with Gasteiger partial charge in [0.2, 0.25) is 0 Å². The van der Waals surface area contributed by atoms with Crippen molar-refractivity contribution in [2.24, 2.45) is 0 Å². The third-order valence-electron chi connectivity index (χ3n) is 11.1. The quantitative estimate of drug-likeness (QED) is 0.173. The number of pyridine rings is 1. The standard InChI is InChI=1S/C52H37N3/c1-52(2)45-27-13-12-26-41(45)43-30-44-42(38-23-14-22-37(28-38)34-16-6-3-7-17-34)31-47(53-50(44)32-46(43)52)39-24-15-25-40(29-39)51-54-48(35-18-8-4-9-19-35)33-49(55-51)36-20-10-5-11-21-36/h3-33H,1-2H3. The Kier molecular flexibility index (Phi) is 7.81. The van der Waals surface area contributed by atoms with Gasteiger partial charge in [0.15, 0.2) is 5.82 Å². The van der Waals surface area contributed by atoms with E-state index in [0.717, 1.165) is 61.4 Å². The summed E-state index contributed by atoms with van der Waals surface area (Å²) in [5, 5.41) is 1.14. The molecule has 9 aromatic rings. The van der Waals surface area contributed by atoms with Crippen LogP contribution < -0.4 is 0 Å². The molecule has 1 aliphatic rings. The van der Waals surface area contributed by atoms with Crippen LogP contribution in [0, 0.1) is 0 Å². The Labute approximate surface area is 321 Å². The summed E-state index contributed by atoms with van der Waals surface area (Å²) in [4.78, 5) is 15.7. The highest BCUT2D eigenvalue weighted by Gasteiger charge is 2.35. The zero-order valence-corrected chi connectivity index (χ0v) is 30.7. The van der Waals surface area contributed by atoms with E-state index in [0.29, 0.717) is 5.82 Å². The second-order valence-electron chi connectivity index (χ2n) is 14.9. The summed E-state index contributed by atoms with van der Waals surface area (Å²) >= 11 is 0. The largest absolute Gasteiger partial charge is 0.248 e. The molecule has 0 fully saturated rings. The molecule has 0 amide bonds. The van der Waals surface area contributed by atoms with E-state index >= 15 is 0 Å². The van der Waals surface area contributed by atoms with E-state index in [4.69, 9.17) is 15.0 Å². The van der Waals surface area contributed by atoms with Gasteiger partial charge >= 0.3 is 0 Å². The Hall–Kier alpha value is -6.97. The fourth-order valence-electron chi connectivity index (χ4n) is 8.21. The molecule has 7 aromatic carbocycles. The topological polar surface area (TPSA) is 38.7 Å². The zero-order valence-electron chi connectivity index (χ0n) is 30.7. The molecule has 2 aromatic heterocycles. The minimum absolute atomic E-state index is 0.136. The summed E-state index contributed by atoms with van der Waals surface area (Å²) in [5.74, 6) is 0.677. The third-order valence-corrected chi connectivity index (χ3v) is 11.1. The lowest BCUT2D eigenvalue weighted by molar-refractivity contribution is 0.661. The first-order valence-corrected chi connectivity index (χ1v) is 18.9. The summed E-state index contributed by atoms with van der Waals surface area (Å²) in [6.07, 6.45) is 0. The molecule has 55 heavy (non-hydrogen) atoms. The summed E-state index contributed by atoms with van der Waals surface area (Å²) in [7, 11) is 0. The number of hydrogen-bond acceptors (Lipinski definition) is 3. The fourth-order valence-corrected chi connectivity index (χ4v) is 8.21. The van der Waals surface area contributed by atoms with Crippen LogP contribution in [0.1, 0.15) is 25.0 Å². The van der Waals surface area contributed by atoms with Crippen LogP contribution in [-0.2, 0) is 5.41 Å². The molecule has 0 spiro atoms. The van der Waals surface area contributed by atoms with Gasteiger partial charge in [0.1, 0.15) is 0 Å². The van der Waals surface area contributed by atoms with Gasteiger partial charge in [0, 0.05) is 33.1 Å².